The molecule has 0 fully saturated rings. The second kappa shape index (κ2) is 13.2. The lowest BCUT2D eigenvalue weighted by molar-refractivity contribution is -0.938. The van der Waals surface area contributed by atoms with Crippen molar-refractivity contribution in [1.29, 1.82) is 0 Å². The molecular weight excluding hydrogens is 270 g/mol. The van der Waals surface area contributed by atoms with Gasteiger partial charge >= 0.3 is 0 Å². The fraction of sp³-hybridized carbons (Fsp3) is 0.529. The number of hydrogen-bond donors (Lipinski definition) is 0. The van der Waals surface area contributed by atoms with Gasteiger partial charge in [0.1, 0.15) is 13.1 Å². The number of halogens is 1. The standard InChI is InChI=1S/C14H24NO.C3H6.ClH/c1-4-15(5-2,11-12-16-3)13-14-9-7-6-8-10-14;1-3-2;/h6-10H,4-5,11-13H2,1-3H3;3H,1H2,2H3;1H/q+1;;/p-1. The van der Waals surface area contributed by atoms with Crippen LogP contribution in [0.2, 0.25) is 0 Å². The van der Waals surface area contributed by atoms with Crippen LogP contribution in [-0.4, -0.2) is 37.8 Å². The molecule has 0 N–H and O–H groups in total. The third kappa shape index (κ3) is 8.36. The summed E-state index contributed by atoms with van der Waals surface area (Å²) in [4.78, 5) is 0. The molecule has 116 valence electrons. The van der Waals surface area contributed by atoms with Gasteiger partial charge in [0.15, 0.2) is 0 Å². The van der Waals surface area contributed by atoms with Gasteiger partial charge in [-0.2, -0.15) is 0 Å². The Kier molecular flexibility index (Phi) is 14.1. The first-order chi connectivity index (χ1) is 9.17. The first-order valence-corrected chi connectivity index (χ1v) is 7.13. The van der Waals surface area contributed by atoms with E-state index in [0.29, 0.717) is 0 Å². The van der Waals surface area contributed by atoms with Gasteiger partial charge in [0, 0.05) is 12.7 Å². The summed E-state index contributed by atoms with van der Waals surface area (Å²) in [5.41, 5.74) is 1.42. The van der Waals surface area contributed by atoms with Crippen LogP contribution in [0.25, 0.3) is 0 Å². The van der Waals surface area contributed by atoms with E-state index >= 15 is 0 Å². The molecule has 0 spiro atoms. The average Bonchev–Trinajstić information content (AvgIpc) is 2.45. The Hall–Kier alpha value is -0.830. The average molecular weight is 300 g/mol. The minimum Gasteiger partial charge on any atom is -1.00 e. The molecule has 0 heterocycles. The van der Waals surface area contributed by atoms with Crippen LogP contribution in [0, 0.1) is 0 Å². The summed E-state index contributed by atoms with van der Waals surface area (Å²) in [6.07, 6.45) is 1.75. The molecule has 1 aromatic carbocycles. The quantitative estimate of drug-likeness (QED) is 0.537. The molecule has 0 bridgehead atoms. The number of methoxy groups -OCH3 is 1. The zero-order valence-corrected chi connectivity index (χ0v) is 14.2. The Balaban J connectivity index is 0. The molecule has 3 heteroatoms. The number of likely N-dealkylation sites (N-methyl/N-ethyl adjacent to an activating group) is 1. The summed E-state index contributed by atoms with van der Waals surface area (Å²) in [6.45, 7) is 15.2. The van der Waals surface area contributed by atoms with E-state index in [9.17, 15) is 0 Å². The lowest BCUT2D eigenvalue weighted by atomic mass is 10.2. The highest BCUT2D eigenvalue weighted by atomic mass is 35.5. The molecule has 1 rings (SSSR count). The summed E-state index contributed by atoms with van der Waals surface area (Å²) < 4.78 is 6.33. The third-order valence-electron chi connectivity index (χ3n) is 3.47. The van der Waals surface area contributed by atoms with E-state index < -0.39 is 0 Å². The SMILES string of the molecule is C=CC.CC[N+](CC)(CCOC)Cc1ccccc1.[Cl-]. The van der Waals surface area contributed by atoms with Gasteiger partial charge in [0.25, 0.3) is 0 Å². The number of quaternary nitrogens is 1. The molecule has 2 nitrogen and oxygen atoms in total. The van der Waals surface area contributed by atoms with Gasteiger partial charge in [0.05, 0.1) is 19.7 Å². The monoisotopic (exact) mass is 299 g/mol. The van der Waals surface area contributed by atoms with E-state index in [2.05, 4.69) is 50.8 Å². The second-order valence-corrected chi connectivity index (χ2v) is 4.74. The van der Waals surface area contributed by atoms with Crippen molar-refractivity contribution in [1.82, 2.24) is 0 Å². The van der Waals surface area contributed by atoms with Gasteiger partial charge in [-0.1, -0.05) is 36.4 Å². The Bertz CT molecular complexity index is 323. The van der Waals surface area contributed by atoms with E-state index in [1.165, 1.54) is 5.56 Å². The maximum Gasteiger partial charge on any atom is 0.104 e. The molecule has 0 aromatic heterocycles. The van der Waals surface area contributed by atoms with Crippen LogP contribution in [0.1, 0.15) is 26.3 Å². The normalized spacial score (nSPS) is 10.0. The predicted molar refractivity (Wildman–Crippen MR) is 84.1 cm³/mol. The largest absolute Gasteiger partial charge is 1.00 e. The highest BCUT2D eigenvalue weighted by Gasteiger charge is 2.22. The van der Waals surface area contributed by atoms with Crippen LogP contribution < -0.4 is 12.4 Å². The lowest BCUT2D eigenvalue weighted by Gasteiger charge is -2.36. The molecular formula is C17H30ClNO. The molecule has 0 aliphatic heterocycles. The van der Waals surface area contributed by atoms with Crippen molar-refractivity contribution in [3.05, 3.63) is 48.6 Å². The molecule has 20 heavy (non-hydrogen) atoms. The first kappa shape index (κ1) is 21.5. The zero-order valence-electron chi connectivity index (χ0n) is 13.4. The summed E-state index contributed by atoms with van der Waals surface area (Å²) in [5, 5.41) is 0. The van der Waals surface area contributed by atoms with Gasteiger partial charge < -0.3 is 21.6 Å². The Morgan fingerprint density at radius 1 is 1.15 bits per heavy atom. The number of benzene rings is 1. The van der Waals surface area contributed by atoms with Crippen molar-refractivity contribution in [3.63, 3.8) is 0 Å². The van der Waals surface area contributed by atoms with Gasteiger partial charge in [-0.25, -0.2) is 0 Å². The molecule has 0 saturated carbocycles. The Morgan fingerprint density at radius 3 is 2.05 bits per heavy atom. The van der Waals surface area contributed by atoms with Crippen LogP contribution in [0.15, 0.2) is 43.0 Å². The number of allylic oxidation sites excluding steroid dienone is 1. The highest BCUT2D eigenvalue weighted by Crippen LogP contribution is 2.14. The van der Waals surface area contributed by atoms with Crippen LogP contribution >= 0.6 is 0 Å². The molecule has 0 amide bonds. The van der Waals surface area contributed by atoms with Crippen molar-refractivity contribution in [3.8, 4) is 0 Å². The number of rotatable bonds is 7. The van der Waals surface area contributed by atoms with Crippen LogP contribution in [-0.2, 0) is 11.3 Å². The van der Waals surface area contributed by atoms with Crippen molar-refractivity contribution < 1.29 is 21.6 Å². The zero-order chi connectivity index (χ0) is 14.6. The van der Waals surface area contributed by atoms with Gasteiger partial charge in [-0.05, 0) is 20.8 Å². The van der Waals surface area contributed by atoms with Gasteiger partial charge in [-0.15, -0.1) is 6.58 Å². The fourth-order valence-corrected chi connectivity index (χ4v) is 2.10. The maximum atomic E-state index is 5.22. The Labute approximate surface area is 131 Å². The van der Waals surface area contributed by atoms with Crippen molar-refractivity contribution in [2.24, 2.45) is 0 Å². The lowest BCUT2D eigenvalue weighted by Crippen LogP contribution is -3.00. The summed E-state index contributed by atoms with van der Waals surface area (Å²) >= 11 is 0. The molecule has 0 aliphatic carbocycles. The molecule has 0 unspecified atom stereocenters. The van der Waals surface area contributed by atoms with Gasteiger partial charge in [0.2, 0.25) is 0 Å². The number of hydrogen-bond acceptors (Lipinski definition) is 1. The summed E-state index contributed by atoms with van der Waals surface area (Å²) in [7, 11) is 1.78. The van der Waals surface area contributed by atoms with Crippen LogP contribution in [0.3, 0.4) is 0 Å². The van der Waals surface area contributed by atoms with Crippen LogP contribution in [0.5, 0.6) is 0 Å². The topological polar surface area (TPSA) is 9.23 Å². The first-order valence-electron chi connectivity index (χ1n) is 7.13. The number of nitrogens with zero attached hydrogens (tertiary/aromatic N) is 1. The molecule has 0 saturated heterocycles. The van der Waals surface area contributed by atoms with Crippen molar-refractivity contribution in [2.75, 3.05) is 33.4 Å². The van der Waals surface area contributed by atoms with E-state index in [-0.39, 0.29) is 12.4 Å². The van der Waals surface area contributed by atoms with E-state index in [1.54, 1.807) is 13.2 Å². The number of ether oxygens (including phenoxy) is 1. The van der Waals surface area contributed by atoms with Crippen molar-refractivity contribution in [2.45, 2.75) is 27.3 Å². The smallest absolute Gasteiger partial charge is 0.104 e. The summed E-state index contributed by atoms with van der Waals surface area (Å²) in [6, 6.07) is 10.7. The van der Waals surface area contributed by atoms with Crippen molar-refractivity contribution >= 4 is 0 Å². The van der Waals surface area contributed by atoms with E-state index in [1.807, 2.05) is 6.92 Å². The minimum absolute atomic E-state index is 0. The Morgan fingerprint density at radius 2 is 1.65 bits per heavy atom. The highest BCUT2D eigenvalue weighted by molar-refractivity contribution is 5.13. The maximum absolute atomic E-state index is 5.22. The second-order valence-electron chi connectivity index (χ2n) is 4.74. The summed E-state index contributed by atoms with van der Waals surface area (Å²) in [5.74, 6) is 0. The molecule has 0 atom stereocenters. The van der Waals surface area contributed by atoms with E-state index in [4.69, 9.17) is 4.74 Å². The molecule has 1 aromatic rings. The molecule has 0 radical (unpaired) electrons. The molecule has 0 aliphatic rings. The van der Waals surface area contributed by atoms with Gasteiger partial charge in [-0.3, -0.25) is 0 Å². The van der Waals surface area contributed by atoms with Crippen LogP contribution in [0.4, 0.5) is 0 Å². The van der Waals surface area contributed by atoms with E-state index in [0.717, 1.165) is 37.3 Å². The third-order valence-corrected chi connectivity index (χ3v) is 3.47. The predicted octanol–water partition coefficient (Wildman–Crippen LogP) is 0.886. The minimum atomic E-state index is 0. The fourth-order valence-electron chi connectivity index (χ4n) is 2.10.